The highest BCUT2D eigenvalue weighted by molar-refractivity contribution is 5.85. The summed E-state index contributed by atoms with van der Waals surface area (Å²) in [5, 5.41) is 11.9. The van der Waals surface area contributed by atoms with E-state index in [1.807, 2.05) is 32.8 Å². The molecule has 6 heteroatoms. The van der Waals surface area contributed by atoms with Crippen LogP contribution >= 0.6 is 0 Å². The fourth-order valence-corrected chi connectivity index (χ4v) is 1.60. The van der Waals surface area contributed by atoms with Crippen LogP contribution in [0.2, 0.25) is 0 Å². The quantitative estimate of drug-likeness (QED) is 0.778. The number of hydrogen-bond acceptors (Lipinski definition) is 3. The van der Waals surface area contributed by atoms with Gasteiger partial charge in [0.05, 0.1) is 0 Å². The molecule has 0 bridgehead atoms. The molecule has 1 amide bonds. The highest BCUT2D eigenvalue weighted by Crippen LogP contribution is 2.44. The Morgan fingerprint density at radius 2 is 1.89 bits per heavy atom. The van der Waals surface area contributed by atoms with E-state index in [2.05, 4.69) is 5.32 Å². The molecule has 0 atom stereocenters. The normalized spacial score (nSPS) is 19.6. The van der Waals surface area contributed by atoms with Crippen LogP contribution < -0.4 is 5.32 Å². The number of rotatable bonds is 5. The Morgan fingerprint density at radius 3 is 2.22 bits per heavy atom. The van der Waals surface area contributed by atoms with E-state index in [0.717, 1.165) is 0 Å². The zero-order chi connectivity index (χ0) is 14.2. The van der Waals surface area contributed by atoms with E-state index >= 15 is 0 Å². The van der Waals surface area contributed by atoms with Crippen molar-refractivity contribution in [3.63, 3.8) is 0 Å². The van der Waals surface area contributed by atoms with Crippen LogP contribution in [0.1, 0.15) is 33.1 Å². The molecule has 0 aromatic heterocycles. The van der Waals surface area contributed by atoms with Crippen LogP contribution in [0.4, 0.5) is 8.78 Å². The minimum atomic E-state index is -3.71. The summed E-state index contributed by atoms with van der Waals surface area (Å²) in [5.74, 6) is -5.10. The fraction of sp³-hybridized carbons (Fsp3) is 0.917. The third-order valence-corrected chi connectivity index (χ3v) is 3.94. The van der Waals surface area contributed by atoms with Gasteiger partial charge in [-0.05, 0) is 47.2 Å². The molecule has 0 spiro atoms. The lowest BCUT2D eigenvalue weighted by molar-refractivity contribution is -0.216. The number of hydrogen-bond donors (Lipinski definition) is 2. The topological polar surface area (TPSA) is 52.6 Å². The van der Waals surface area contributed by atoms with Crippen LogP contribution in [0.5, 0.6) is 0 Å². The number of alkyl halides is 2. The molecule has 0 aliphatic heterocycles. The van der Waals surface area contributed by atoms with E-state index in [-0.39, 0.29) is 19.4 Å². The Hall–Kier alpha value is -0.750. The monoisotopic (exact) mass is 264 g/mol. The molecule has 0 aromatic rings. The molecule has 1 aliphatic carbocycles. The van der Waals surface area contributed by atoms with Gasteiger partial charge in [0.25, 0.3) is 5.91 Å². The fourth-order valence-electron chi connectivity index (χ4n) is 1.60. The van der Waals surface area contributed by atoms with E-state index in [1.54, 1.807) is 0 Å². The Balaban J connectivity index is 2.61. The molecule has 1 aliphatic rings. The van der Waals surface area contributed by atoms with Crippen molar-refractivity contribution in [1.29, 1.82) is 0 Å². The molecule has 1 fully saturated rings. The van der Waals surface area contributed by atoms with Crippen LogP contribution in [0.15, 0.2) is 0 Å². The summed E-state index contributed by atoms with van der Waals surface area (Å²) >= 11 is 0. The third-order valence-electron chi connectivity index (χ3n) is 3.94. The molecule has 4 nitrogen and oxygen atoms in total. The highest BCUT2D eigenvalue weighted by Gasteiger charge is 2.61. The van der Waals surface area contributed by atoms with Crippen molar-refractivity contribution in [3.8, 4) is 0 Å². The molecule has 0 saturated heterocycles. The number of nitrogens with zero attached hydrogens (tertiary/aromatic N) is 1. The Morgan fingerprint density at radius 1 is 1.39 bits per heavy atom. The predicted octanol–water partition coefficient (Wildman–Crippen LogP) is 0.993. The number of halogens is 2. The number of amides is 1. The first-order valence-corrected chi connectivity index (χ1v) is 6.09. The van der Waals surface area contributed by atoms with Gasteiger partial charge in [-0.3, -0.25) is 4.79 Å². The summed E-state index contributed by atoms with van der Waals surface area (Å²) in [4.78, 5) is 13.4. The van der Waals surface area contributed by atoms with Gasteiger partial charge in [0.2, 0.25) is 0 Å². The van der Waals surface area contributed by atoms with Gasteiger partial charge in [-0.15, -0.1) is 0 Å². The summed E-state index contributed by atoms with van der Waals surface area (Å²) < 4.78 is 27.5. The summed E-state index contributed by atoms with van der Waals surface area (Å²) in [7, 11) is 3.62. The van der Waals surface area contributed by atoms with Gasteiger partial charge in [-0.25, -0.2) is 0 Å². The van der Waals surface area contributed by atoms with Crippen LogP contribution in [0.25, 0.3) is 0 Å². The van der Waals surface area contributed by atoms with Crippen molar-refractivity contribution in [2.75, 3.05) is 20.6 Å². The highest BCUT2D eigenvalue weighted by atomic mass is 19.3. The van der Waals surface area contributed by atoms with E-state index in [9.17, 15) is 18.7 Å². The average molecular weight is 264 g/mol. The Labute approximate surface area is 106 Å². The van der Waals surface area contributed by atoms with Crippen molar-refractivity contribution >= 4 is 5.91 Å². The molecular weight excluding hydrogens is 242 g/mol. The van der Waals surface area contributed by atoms with Gasteiger partial charge in [-0.2, -0.15) is 8.78 Å². The molecule has 0 heterocycles. The minimum absolute atomic E-state index is 0.0233. The maximum absolute atomic E-state index is 13.7. The maximum atomic E-state index is 13.7. The van der Waals surface area contributed by atoms with Crippen LogP contribution in [0.3, 0.4) is 0 Å². The molecule has 0 radical (unpaired) electrons. The van der Waals surface area contributed by atoms with Gasteiger partial charge in [-0.1, -0.05) is 0 Å². The molecule has 0 aromatic carbocycles. The SMILES string of the molecule is CN(C)C(C)(C)CNC(=O)C(F)(F)C1(O)CCC1. The van der Waals surface area contributed by atoms with Crippen molar-refractivity contribution in [2.24, 2.45) is 0 Å². The predicted molar refractivity (Wildman–Crippen MR) is 64.5 cm³/mol. The number of carbonyl (C=O) groups is 1. The summed E-state index contributed by atoms with van der Waals surface area (Å²) in [6.45, 7) is 3.78. The zero-order valence-corrected chi connectivity index (χ0v) is 11.4. The van der Waals surface area contributed by atoms with Crippen molar-refractivity contribution < 1.29 is 18.7 Å². The van der Waals surface area contributed by atoms with E-state index in [4.69, 9.17) is 0 Å². The van der Waals surface area contributed by atoms with Crippen molar-refractivity contribution in [3.05, 3.63) is 0 Å². The first-order valence-electron chi connectivity index (χ1n) is 6.09. The van der Waals surface area contributed by atoms with Gasteiger partial charge >= 0.3 is 5.92 Å². The van der Waals surface area contributed by atoms with Crippen LogP contribution in [0, 0.1) is 0 Å². The van der Waals surface area contributed by atoms with E-state index in [1.165, 1.54) is 0 Å². The number of nitrogens with one attached hydrogen (secondary N) is 1. The smallest absolute Gasteiger partial charge is 0.352 e. The maximum Gasteiger partial charge on any atom is 0.352 e. The second kappa shape index (κ2) is 4.74. The van der Waals surface area contributed by atoms with Gasteiger partial charge in [0, 0.05) is 12.1 Å². The van der Waals surface area contributed by atoms with Gasteiger partial charge in [0.1, 0.15) is 5.60 Å². The molecule has 1 rings (SSSR count). The number of carbonyl (C=O) groups excluding carboxylic acids is 1. The first-order chi connectivity index (χ1) is 8.03. The molecule has 2 N–H and O–H groups in total. The van der Waals surface area contributed by atoms with Crippen molar-refractivity contribution in [2.45, 2.75) is 50.2 Å². The summed E-state index contributed by atoms with van der Waals surface area (Å²) in [5.41, 5.74) is -2.58. The van der Waals surface area contributed by atoms with Crippen LogP contribution in [-0.4, -0.2) is 53.6 Å². The average Bonchev–Trinajstić information content (AvgIpc) is 2.21. The first kappa shape index (κ1) is 15.3. The third kappa shape index (κ3) is 2.64. The van der Waals surface area contributed by atoms with Gasteiger partial charge in [0.15, 0.2) is 0 Å². The Bertz CT molecular complexity index is 326. The second-order valence-electron chi connectivity index (χ2n) is 5.85. The number of aliphatic hydroxyl groups is 1. The minimum Gasteiger partial charge on any atom is -0.383 e. The molecular formula is C12H22F2N2O2. The van der Waals surface area contributed by atoms with Crippen molar-refractivity contribution in [1.82, 2.24) is 10.2 Å². The zero-order valence-electron chi connectivity index (χ0n) is 11.4. The summed E-state index contributed by atoms with van der Waals surface area (Å²) in [6.07, 6.45) is 0.484. The lowest BCUT2D eigenvalue weighted by atomic mass is 9.75. The lowest BCUT2D eigenvalue weighted by Gasteiger charge is -2.42. The second-order valence-corrected chi connectivity index (χ2v) is 5.85. The molecule has 106 valence electrons. The van der Waals surface area contributed by atoms with E-state index < -0.39 is 23.0 Å². The number of likely N-dealkylation sites (N-methyl/N-ethyl adjacent to an activating group) is 1. The standard InChI is InChI=1S/C12H22F2N2O2/c1-10(2,16(3)4)8-15-9(17)12(13,14)11(18)6-5-7-11/h18H,5-8H2,1-4H3,(H,15,17). The largest absolute Gasteiger partial charge is 0.383 e. The molecule has 1 saturated carbocycles. The summed E-state index contributed by atoms with van der Waals surface area (Å²) in [6, 6.07) is 0. The van der Waals surface area contributed by atoms with Crippen LogP contribution in [-0.2, 0) is 4.79 Å². The Kier molecular flexibility index (Phi) is 4.03. The van der Waals surface area contributed by atoms with E-state index in [0.29, 0.717) is 6.42 Å². The van der Waals surface area contributed by atoms with Gasteiger partial charge < -0.3 is 15.3 Å². The lowest BCUT2D eigenvalue weighted by Crippen LogP contribution is -2.62. The molecule has 18 heavy (non-hydrogen) atoms. The molecule has 0 unspecified atom stereocenters.